The third-order valence-corrected chi connectivity index (χ3v) is 3.57. The number of likely N-dealkylation sites (tertiary alicyclic amines) is 1. The summed E-state index contributed by atoms with van der Waals surface area (Å²) in [6.45, 7) is 5.28. The first-order chi connectivity index (χ1) is 7.97. The zero-order valence-electron chi connectivity index (χ0n) is 11.0. The molecule has 1 heterocycles. The number of piperidine rings is 1. The first kappa shape index (κ1) is 14.0. The fourth-order valence-corrected chi connectivity index (χ4v) is 2.13. The van der Waals surface area contributed by atoms with Crippen molar-refractivity contribution in [3.05, 3.63) is 0 Å². The predicted octanol–water partition coefficient (Wildman–Crippen LogP) is 0.0505. The van der Waals surface area contributed by atoms with Gasteiger partial charge >= 0.3 is 0 Å². The van der Waals surface area contributed by atoms with Crippen molar-refractivity contribution in [1.82, 2.24) is 9.80 Å². The fourth-order valence-electron chi connectivity index (χ4n) is 2.13. The van der Waals surface area contributed by atoms with Crippen LogP contribution in [0.15, 0.2) is 0 Å². The molecule has 98 valence electrons. The molecule has 1 rings (SSSR count). The standard InChI is InChI=1S/C12H23N3O2/c1-9(7-13)14(3)12(17)11-5-4-6-15(8-11)10(2)16/h9,11H,4-8,13H2,1-3H3. The van der Waals surface area contributed by atoms with E-state index in [4.69, 9.17) is 5.73 Å². The summed E-state index contributed by atoms with van der Waals surface area (Å²) >= 11 is 0. The molecule has 1 aliphatic heterocycles. The minimum Gasteiger partial charge on any atom is -0.342 e. The number of nitrogens with two attached hydrogens (primary N) is 1. The Hall–Kier alpha value is -1.10. The number of rotatable bonds is 3. The lowest BCUT2D eigenvalue weighted by Crippen LogP contribution is -2.48. The number of amides is 2. The van der Waals surface area contributed by atoms with Crippen LogP contribution in [-0.4, -0.2) is 54.3 Å². The van der Waals surface area contributed by atoms with E-state index in [9.17, 15) is 9.59 Å². The Bertz CT molecular complexity index is 293. The summed E-state index contributed by atoms with van der Waals surface area (Å²) in [5.74, 6) is 0.0950. The fraction of sp³-hybridized carbons (Fsp3) is 0.833. The van der Waals surface area contributed by atoms with E-state index in [1.165, 1.54) is 0 Å². The quantitative estimate of drug-likeness (QED) is 0.759. The van der Waals surface area contributed by atoms with Crippen LogP contribution >= 0.6 is 0 Å². The smallest absolute Gasteiger partial charge is 0.227 e. The highest BCUT2D eigenvalue weighted by atomic mass is 16.2. The van der Waals surface area contributed by atoms with Crippen LogP contribution in [0.5, 0.6) is 0 Å². The van der Waals surface area contributed by atoms with Gasteiger partial charge in [-0.05, 0) is 19.8 Å². The molecule has 1 aliphatic rings. The normalized spacial score (nSPS) is 22.1. The monoisotopic (exact) mass is 241 g/mol. The molecular weight excluding hydrogens is 218 g/mol. The maximum atomic E-state index is 12.2. The first-order valence-electron chi connectivity index (χ1n) is 6.19. The van der Waals surface area contributed by atoms with Gasteiger partial charge in [-0.25, -0.2) is 0 Å². The molecule has 1 saturated heterocycles. The molecule has 0 aromatic rings. The van der Waals surface area contributed by atoms with Crippen molar-refractivity contribution in [3.8, 4) is 0 Å². The van der Waals surface area contributed by atoms with Gasteiger partial charge in [-0.1, -0.05) is 0 Å². The van der Waals surface area contributed by atoms with E-state index >= 15 is 0 Å². The van der Waals surface area contributed by atoms with Crippen molar-refractivity contribution in [2.24, 2.45) is 11.7 Å². The van der Waals surface area contributed by atoms with Crippen molar-refractivity contribution in [1.29, 1.82) is 0 Å². The first-order valence-corrected chi connectivity index (χ1v) is 6.19. The van der Waals surface area contributed by atoms with Gasteiger partial charge in [0.15, 0.2) is 0 Å². The molecule has 0 bridgehead atoms. The SMILES string of the molecule is CC(=O)N1CCCC(C(=O)N(C)C(C)CN)C1. The number of likely N-dealkylation sites (N-methyl/N-ethyl adjacent to an activating group) is 1. The molecule has 0 spiro atoms. The minimum atomic E-state index is -0.0633. The van der Waals surface area contributed by atoms with Crippen molar-refractivity contribution in [2.45, 2.75) is 32.7 Å². The number of nitrogens with zero attached hydrogens (tertiary/aromatic N) is 2. The van der Waals surface area contributed by atoms with E-state index in [0.29, 0.717) is 13.1 Å². The summed E-state index contributed by atoms with van der Waals surface area (Å²) in [5.41, 5.74) is 5.56. The number of hydrogen-bond acceptors (Lipinski definition) is 3. The molecule has 5 heteroatoms. The Kier molecular flexibility index (Phi) is 4.93. The number of carbonyl (C=O) groups is 2. The van der Waals surface area contributed by atoms with E-state index in [-0.39, 0.29) is 23.8 Å². The summed E-state index contributed by atoms with van der Waals surface area (Å²) in [5, 5.41) is 0. The van der Waals surface area contributed by atoms with Gasteiger partial charge in [0.05, 0.1) is 5.92 Å². The third kappa shape index (κ3) is 3.43. The van der Waals surface area contributed by atoms with Gasteiger partial charge in [-0.3, -0.25) is 9.59 Å². The highest BCUT2D eigenvalue weighted by molar-refractivity contribution is 5.80. The van der Waals surface area contributed by atoms with E-state index < -0.39 is 0 Å². The molecule has 1 fully saturated rings. The molecule has 2 unspecified atom stereocenters. The second-order valence-electron chi connectivity index (χ2n) is 4.84. The van der Waals surface area contributed by atoms with Gasteiger partial charge in [0.2, 0.25) is 11.8 Å². The molecule has 0 radical (unpaired) electrons. The summed E-state index contributed by atoms with van der Waals surface area (Å²) in [6, 6.07) is 0.0511. The molecule has 2 N–H and O–H groups in total. The van der Waals surface area contributed by atoms with E-state index in [1.807, 2.05) is 6.92 Å². The molecule has 17 heavy (non-hydrogen) atoms. The molecule has 0 aliphatic carbocycles. The van der Waals surface area contributed by atoms with Crippen molar-refractivity contribution < 1.29 is 9.59 Å². The van der Waals surface area contributed by atoms with E-state index in [0.717, 1.165) is 19.4 Å². The van der Waals surface area contributed by atoms with Gasteiger partial charge in [-0.15, -0.1) is 0 Å². The largest absolute Gasteiger partial charge is 0.342 e. The molecular formula is C12H23N3O2. The third-order valence-electron chi connectivity index (χ3n) is 3.57. The van der Waals surface area contributed by atoms with Crippen LogP contribution in [0.25, 0.3) is 0 Å². The Balaban J connectivity index is 2.60. The highest BCUT2D eigenvalue weighted by Gasteiger charge is 2.30. The molecule has 0 aromatic carbocycles. The average molecular weight is 241 g/mol. The Labute approximate surface area is 103 Å². The van der Waals surface area contributed by atoms with E-state index in [2.05, 4.69) is 0 Å². The maximum absolute atomic E-state index is 12.2. The van der Waals surface area contributed by atoms with Crippen LogP contribution < -0.4 is 5.73 Å². The Morgan fingerprint density at radius 1 is 1.53 bits per heavy atom. The molecule has 0 aromatic heterocycles. The van der Waals surface area contributed by atoms with Crippen LogP contribution in [-0.2, 0) is 9.59 Å². The van der Waals surface area contributed by atoms with Crippen LogP contribution in [0.3, 0.4) is 0 Å². The van der Waals surface area contributed by atoms with Gasteiger partial charge in [0.1, 0.15) is 0 Å². The van der Waals surface area contributed by atoms with Crippen molar-refractivity contribution >= 4 is 11.8 Å². The summed E-state index contributed by atoms with van der Waals surface area (Å²) in [4.78, 5) is 27.0. The van der Waals surface area contributed by atoms with Gasteiger partial charge in [0.25, 0.3) is 0 Å². The number of carbonyl (C=O) groups excluding carboxylic acids is 2. The second kappa shape index (κ2) is 6.00. The van der Waals surface area contributed by atoms with Crippen LogP contribution in [0.1, 0.15) is 26.7 Å². The second-order valence-corrected chi connectivity index (χ2v) is 4.84. The zero-order valence-corrected chi connectivity index (χ0v) is 11.0. The Morgan fingerprint density at radius 2 is 2.18 bits per heavy atom. The van der Waals surface area contributed by atoms with Gasteiger partial charge in [0, 0.05) is 39.6 Å². The molecule has 5 nitrogen and oxygen atoms in total. The predicted molar refractivity (Wildman–Crippen MR) is 66.3 cm³/mol. The van der Waals surface area contributed by atoms with Gasteiger partial charge < -0.3 is 15.5 Å². The lowest BCUT2D eigenvalue weighted by Gasteiger charge is -2.35. The van der Waals surface area contributed by atoms with Crippen LogP contribution in [0, 0.1) is 5.92 Å². The van der Waals surface area contributed by atoms with Crippen LogP contribution in [0.4, 0.5) is 0 Å². The highest BCUT2D eigenvalue weighted by Crippen LogP contribution is 2.19. The van der Waals surface area contributed by atoms with Crippen molar-refractivity contribution in [2.75, 3.05) is 26.7 Å². The van der Waals surface area contributed by atoms with Crippen molar-refractivity contribution in [3.63, 3.8) is 0 Å². The lowest BCUT2D eigenvalue weighted by molar-refractivity contribution is -0.140. The zero-order chi connectivity index (χ0) is 13.0. The Morgan fingerprint density at radius 3 is 2.71 bits per heavy atom. The summed E-state index contributed by atoms with van der Waals surface area (Å²) < 4.78 is 0. The molecule has 2 amide bonds. The molecule has 0 saturated carbocycles. The minimum absolute atomic E-state index is 0.0511. The molecule has 2 atom stereocenters. The average Bonchev–Trinajstić information content (AvgIpc) is 2.36. The topological polar surface area (TPSA) is 66.6 Å². The number of hydrogen-bond donors (Lipinski definition) is 1. The van der Waals surface area contributed by atoms with E-state index in [1.54, 1.807) is 23.8 Å². The van der Waals surface area contributed by atoms with Gasteiger partial charge in [-0.2, -0.15) is 0 Å². The van der Waals surface area contributed by atoms with Crippen LogP contribution in [0.2, 0.25) is 0 Å². The summed E-state index contributed by atoms with van der Waals surface area (Å²) in [6.07, 6.45) is 1.77. The lowest BCUT2D eigenvalue weighted by atomic mass is 9.96. The summed E-state index contributed by atoms with van der Waals surface area (Å²) in [7, 11) is 1.78. The maximum Gasteiger partial charge on any atom is 0.227 e.